The Hall–Kier alpha value is -1.51. The number of rotatable bonds is 3. The molecule has 0 aliphatic heterocycles. The maximum Gasteiger partial charge on any atom is 0.257 e. The average Bonchev–Trinajstić information content (AvgIpc) is 2.42. The molecule has 104 valence electrons. The Morgan fingerprint density at radius 2 is 1.75 bits per heavy atom. The zero-order valence-corrected chi connectivity index (χ0v) is 12.8. The van der Waals surface area contributed by atoms with Crippen molar-refractivity contribution in [3.8, 4) is 0 Å². The van der Waals surface area contributed by atoms with E-state index < -0.39 is 0 Å². The van der Waals surface area contributed by atoms with Gasteiger partial charge in [-0.25, -0.2) is 0 Å². The maximum atomic E-state index is 12.3. The van der Waals surface area contributed by atoms with Crippen LogP contribution >= 0.6 is 23.2 Å². The molecular weight excluding hydrogens is 293 g/mol. The molecule has 0 heterocycles. The van der Waals surface area contributed by atoms with E-state index in [-0.39, 0.29) is 10.9 Å². The van der Waals surface area contributed by atoms with Gasteiger partial charge in [0.2, 0.25) is 0 Å². The summed E-state index contributed by atoms with van der Waals surface area (Å²) >= 11 is 12.0. The fourth-order valence-electron chi connectivity index (χ4n) is 1.98. The Bertz CT molecular complexity index is 638. The van der Waals surface area contributed by atoms with E-state index in [1.54, 1.807) is 18.2 Å². The minimum atomic E-state index is -0.259. The summed E-state index contributed by atoms with van der Waals surface area (Å²) in [5.41, 5.74) is 2.25. The van der Waals surface area contributed by atoms with Gasteiger partial charge < -0.3 is 5.32 Å². The first-order valence-corrected chi connectivity index (χ1v) is 7.10. The second-order valence-corrected chi connectivity index (χ2v) is 5.58. The van der Waals surface area contributed by atoms with Crippen molar-refractivity contribution in [2.24, 2.45) is 0 Å². The van der Waals surface area contributed by atoms with Crippen LogP contribution in [0.15, 0.2) is 42.5 Å². The number of anilines is 1. The number of amides is 1. The van der Waals surface area contributed by atoms with Gasteiger partial charge in [0.15, 0.2) is 0 Å². The lowest BCUT2D eigenvalue weighted by Crippen LogP contribution is -2.14. The third kappa shape index (κ3) is 3.14. The zero-order valence-electron chi connectivity index (χ0n) is 11.3. The number of benzene rings is 2. The molecule has 0 aromatic heterocycles. The van der Waals surface area contributed by atoms with E-state index in [1.165, 1.54) is 0 Å². The van der Waals surface area contributed by atoms with Crippen molar-refractivity contribution in [1.82, 2.24) is 0 Å². The monoisotopic (exact) mass is 307 g/mol. The smallest absolute Gasteiger partial charge is 0.257 e. The zero-order chi connectivity index (χ0) is 14.7. The molecule has 0 aliphatic carbocycles. The Balaban J connectivity index is 2.31. The Morgan fingerprint density at radius 1 is 1.05 bits per heavy atom. The highest BCUT2D eigenvalue weighted by Gasteiger charge is 2.14. The van der Waals surface area contributed by atoms with E-state index in [9.17, 15) is 4.79 Å². The summed E-state index contributed by atoms with van der Waals surface area (Å²) < 4.78 is 0. The van der Waals surface area contributed by atoms with Crippen LogP contribution in [0.25, 0.3) is 0 Å². The minimum Gasteiger partial charge on any atom is -0.322 e. The molecule has 0 fully saturated rings. The molecule has 0 spiro atoms. The number of nitrogens with one attached hydrogen (secondary N) is 1. The molecule has 0 atom stereocenters. The van der Waals surface area contributed by atoms with Gasteiger partial charge in [-0.2, -0.15) is 0 Å². The number of hydrogen-bond donors (Lipinski definition) is 1. The Labute approximate surface area is 128 Å². The van der Waals surface area contributed by atoms with Gasteiger partial charge in [0.1, 0.15) is 0 Å². The van der Waals surface area contributed by atoms with Crippen LogP contribution in [0.4, 0.5) is 5.69 Å². The van der Waals surface area contributed by atoms with Crippen molar-refractivity contribution >= 4 is 34.8 Å². The van der Waals surface area contributed by atoms with Crippen molar-refractivity contribution in [3.63, 3.8) is 0 Å². The molecule has 2 rings (SSSR count). The van der Waals surface area contributed by atoms with Gasteiger partial charge in [0, 0.05) is 5.69 Å². The quantitative estimate of drug-likeness (QED) is 0.811. The molecule has 0 saturated heterocycles. The molecule has 0 aliphatic rings. The molecule has 0 bridgehead atoms. The molecular formula is C16H15Cl2NO. The van der Waals surface area contributed by atoms with Crippen LogP contribution in [-0.2, 0) is 0 Å². The fourth-order valence-corrected chi connectivity index (χ4v) is 2.37. The van der Waals surface area contributed by atoms with E-state index in [1.807, 2.05) is 24.3 Å². The van der Waals surface area contributed by atoms with Gasteiger partial charge in [-0.3, -0.25) is 4.79 Å². The maximum absolute atomic E-state index is 12.3. The molecule has 2 aromatic carbocycles. The first kappa shape index (κ1) is 14.9. The second kappa shape index (κ2) is 6.29. The fraction of sp³-hybridized carbons (Fsp3) is 0.188. The summed E-state index contributed by atoms with van der Waals surface area (Å²) in [6, 6.07) is 12.7. The topological polar surface area (TPSA) is 29.1 Å². The van der Waals surface area contributed by atoms with Crippen LogP contribution in [-0.4, -0.2) is 5.91 Å². The Kier molecular flexibility index (Phi) is 4.69. The molecule has 0 unspecified atom stereocenters. The van der Waals surface area contributed by atoms with E-state index in [0.717, 1.165) is 11.3 Å². The van der Waals surface area contributed by atoms with Gasteiger partial charge in [-0.15, -0.1) is 0 Å². The first-order valence-electron chi connectivity index (χ1n) is 6.35. The Morgan fingerprint density at radius 3 is 2.45 bits per heavy atom. The summed E-state index contributed by atoms with van der Waals surface area (Å²) in [5, 5.41) is 3.54. The standard InChI is InChI=1S/C16H15Cl2NO/c1-10(2)11-6-3-4-9-14(11)19-16(20)12-7-5-8-13(17)15(12)18/h3-10H,1-2H3,(H,19,20). The van der Waals surface area contributed by atoms with Crippen LogP contribution in [0.3, 0.4) is 0 Å². The summed E-state index contributed by atoms with van der Waals surface area (Å²) in [6.45, 7) is 4.16. The number of carbonyl (C=O) groups excluding carboxylic acids is 1. The van der Waals surface area contributed by atoms with Crippen LogP contribution in [0.5, 0.6) is 0 Å². The SMILES string of the molecule is CC(C)c1ccccc1NC(=O)c1cccc(Cl)c1Cl. The number of hydrogen-bond acceptors (Lipinski definition) is 1. The van der Waals surface area contributed by atoms with E-state index in [2.05, 4.69) is 19.2 Å². The molecule has 2 aromatic rings. The molecule has 1 amide bonds. The largest absolute Gasteiger partial charge is 0.322 e. The van der Waals surface area contributed by atoms with E-state index in [0.29, 0.717) is 16.5 Å². The van der Waals surface area contributed by atoms with Crippen molar-refractivity contribution in [2.45, 2.75) is 19.8 Å². The van der Waals surface area contributed by atoms with Crippen LogP contribution in [0.1, 0.15) is 35.7 Å². The highest BCUT2D eigenvalue weighted by molar-refractivity contribution is 6.44. The number of carbonyl (C=O) groups is 1. The average molecular weight is 308 g/mol. The lowest BCUT2D eigenvalue weighted by Gasteiger charge is -2.14. The summed E-state index contributed by atoms with van der Waals surface area (Å²) in [7, 11) is 0. The van der Waals surface area contributed by atoms with Gasteiger partial charge in [-0.05, 0) is 29.7 Å². The molecule has 1 N–H and O–H groups in total. The number of para-hydroxylation sites is 1. The van der Waals surface area contributed by atoms with Crippen molar-refractivity contribution in [2.75, 3.05) is 5.32 Å². The van der Waals surface area contributed by atoms with Gasteiger partial charge in [0.05, 0.1) is 15.6 Å². The highest BCUT2D eigenvalue weighted by Crippen LogP contribution is 2.28. The lowest BCUT2D eigenvalue weighted by molar-refractivity contribution is 0.102. The third-order valence-corrected chi connectivity index (χ3v) is 3.85. The minimum absolute atomic E-state index is 0.259. The molecule has 20 heavy (non-hydrogen) atoms. The van der Waals surface area contributed by atoms with Crippen LogP contribution < -0.4 is 5.32 Å². The predicted molar refractivity (Wildman–Crippen MR) is 84.9 cm³/mol. The lowest BCUT2D eigenvalue weighted by atomic mass is 10.0. The molecule has 2 nitrogen and oxygen atoms in total. The normalized spacial score (nSPS) is 10.7. The summed E-state index contributed by atoms with van der Waals surface area (Å²) in [4.78, 5) is 12.3. The van der Waals surface area contributed by atoms with E-state index in [4.69, 9.17) is 23.2 Å². The molecule has 0 saturated carbocycles. The van der Waals surface area contributed by atoms with Gasteiger partial charge in [-0.1, -0.05) is 61.3 Å². The second-order valence-electron chi connectivity index (χ2n) is 4.80. The van der Waals surface area contributed by atoms with Gasteiger partial charge in [0.25, 0.3) is 5.91 Å². The summed E-state index contributed by atoms with van der Waals surface area (Å²) in [6.07, 6.45) is 0. The first-order chi connectivity index (χ1) is 9.50. The molecule has 0 radical (unpaired) electrons. The summed E-state index contributed by atoms with van der Waals surface area (Å²) in [5.74, 6) is 0.0620. The number of halogens is 2. The molecule has 4 heteroatoms. The van der Waals surface area contributed by atoms with Crippen molar-refractivity contribution < 1.29 is 4.79 Å². The predicted octanol–water partition coefficient (Wildman–Crippen LogP) is 5.37. The van der Waals surface area contributed by atoms with Crippen molar-refractivity contribution in [1.29, 1.82) is 0 Å². The van der Waals surface area contributed by atoms with Crippen LogP contribution in [0.2, 0.25) is 10.0 Å². The van der Waals surface area contributed by atoms with Crippen LogP contribution in [0, 0.1) is 0 Å². The highest BCUT2D eigenvalue weighted by atomic mass is 35.5. The van der Waals surface area contributed by atoms with Gasteiger partial charge >= 0.3 is 0 Å². The van der Waals surface area contributed by atoms with Crippen molar-refractivity contribution in [3.05, 3.63) is 63.6 Å². The van der Waals surface area contributed by atoms with E-state index >= 15 is 0 Å². The third-order valence-electron chi connectivity index (χ3n) is 3.03.